The van der Waals surface area contributed by atoms with E-state index in [2.05, 4.69) is 10.6 Å². The molecule has 1 atom stereocenters. The number of hydrogen-bond donors (Lipinski definition) is 3. The zero-order chi connectivity index (χ0) is 24.1. The summed E-state index contributed by atoms with van der Waals surface area (Å²) in [6.45, 7) is 3.24. The molecule has 34 heavy (non-hydrogen) atoms. The number of carboxylic acid groups (broad SMARTS) is 1. The summed E-state index contributed by atoms with van der Waals surface area (Å²) in [5, 5.41) is 16.1. The predicted octanol–water partition coefficient (Wildman–Crippen LogP) is 5.39. The van der Waals surface area contributed by atoms with Crippen molar-refractivity contribution in [1.29, 1.82) is 0 Å². The molecule has 3 N–H and O–H groups in total. The van der Waals surface area contributed by atoms with Gasteiger partial charge in [0.1, 0.15) is 5.82 Å². The molecule has 1 aliphatic carbocycles. The van der Waals surface area contributed by atoms with Crippen LogP contribution in [0.5, 0.6) is 0 Å². The van der Waals surface area contributed by atoms with Crippen LogP contribution in [0.4, 0.5) is 20.0 Å². The van der Waals surface area contributed by atoms with E-state index in [-0.39, 0.29) is 23.5 Å². The number of benzene rings is 2. The van der Waals surface area contributed by atoms with Crippen molar-refractivity contribution in [2.45, 2.75) is 45.2 Å². The van der Waals surface area contributed by atoms with Crippen molar-refractivity contribution in [3.8, 4) is 0 Å². The minimum atomic E-state index is -0.940. The molecule has 178 valence electrons. The van der Waals surface area contributed by atoms with Gasteiger partial charge in [-0.05, 0) is 61.2 Å². The largest absolute Gasteiger partial charge is 0.478 e. The summed E-state index contributed by atoms with van der Waals surface area (Å²) in [5.41, 5.74) is 2.88. The first-order chi connectivity index (χ1) is 16.4. The van der Waals surface area contributed by atoms with Gasteiger partial charge in [-0.25, -0.2) is 19.0 Å². The van der Waals surface area contributed by atoms with Gasteiger partial charge >= 0.3 is 12.0 Å². The topological polar surface area (TPSA) is 94.6 Å². The second-order valence-electron chi connectivity index (χ2n) is 8.27. The van der Waals surface area contributed by atoms with Crippen LogP contribution in [0.15, 0.2) is 48.5 Å². The van der Waals surface area contributed by atoms with Gasteiger partial charge in [0.25, 0.3) is 0 Å². The van der Waals surface area contributed by atoms with Crippen molar-refractivity contribution in [3.63, 3.8) is 0 Å². The fraction of sp³-hybridized carbons (Fsp3) is 0.320. The Morgan fingerprint density at radius 1 is 1.18 bits per heavy atom. The van der Waals surface area contributed by atoms with Crippen LogP contribution in [-0.2, 0) is 19.4 Å². The molecule has 0 fully saturated rings. The number of aromatic nitrogens is 1. The van der Waals surface area contributed by atoms with E-state index in [1.54, 1.807) is 47.7 Å². The first-order valence-corrected chi connectivity index (χ1v) is 12.1. The zero-order valence-corrected chi connectivity index (χ0v) is 19.7. The van der Waals surface area contributed by atoms with Crippen LogP contribution >= 0.6 is 11.3 Å². The van der Waals surface area contributed by atoms with E-state index < -0.39 is 5.97 Å². The third-order valence-electron chi connectivity index (χ3n) is 5.82. The molecule has 0 saturated carbocycles. The van der Waals surface area contributed by atoms with Gasteiger partial charge in [-0.2, -0.15) is 0 Å². The monoisotopic (exact) mass is 482 g/mol. The summed E-state index contributed by atoms with van der Waals surface area (Å²) >= 11 is 1.60. The summed E-state index contributed by atoms with van der Waals surface area (Å²) in [6.07, 6.45) is 3.23. The standard InChI is InChI=1S/C25H27FN4O3S/c1-2-13-30(25(33)28-19-9-7-18(26)8-10-19)20-11-12-21-22(14-20)34-24(29-21)27-15-16-3-5-17(6-4-16)23(31)32/h3-10,20H,2,11-15H2,1H3,(H,27,29)(H,28,33)(H,31,32). The SMILES string of the molecule is CCCN(C(=O)Nc1ccc(F)cc1)C1CCc2nc(NCc3ccc(C(=O)O)cc3)sc2C1. The highest BCUT2D eigenvalue weighted by Crippen LogP contribution is 2.32. The van der Waals surface area contributed by atoms with Gasteiger partial charge in [0.05, 0.1) is 11.3 Å². The number of carboxylic acids is 1. The number of amides is 2. The summed E-state index contributed by atoms with van der Waals surface area (Å²) < 4.78 is 13.2. The van der Waals surface area contributed by atoms with Gasteiger partial charge in [-0.3, -0.25) is 0 Å². The highest BCUT2D eigenvalue weighted by molar-refractivity contribution is 7.15. The maximum atomic E-state index is 13.2. The molecule has 1 heterocycles. The number of hydrogen-bond acceptors (Lipinski definition) is 5. The molecule has 2 amide bonds. The van der Waals surface area contributed by atoms with Gasteiger partial charge in [0, 0.05) is 36.1 Å². The number of aromatic carboxylic acids is 1. The Labute approximate surface area is 201 Å². The third kappa shape index (κ3) is 5.72. The average molecular weight is 483 g/mol. The van der Waals surface area contributed by atoms with Gasteiger partial charge in [-0.15, -0.1) is 11.3 Å². The third-order valence-corrected chi connectivity index (χ3v) is 6.90. The van der Waals surface area contributed by atoms with Gasteiger partial charge in [-0.1, -0.05) is 19.1 Å². The molecule has 1 aromatic heterocycles. The fourth-order valence-electron chi connectivity index (χ4n) is 4.06. The Bertz CT molecular complexity index is 1150. The van der Waals surface area contributed by atoms with E-state index in [1.807, 2.05) is 11.8 Å². The number of fused-ring (bicyclic) bond motifs is 1. The van der Waals surface area contributed by atoms with Gasteiger partial charge < -0.3 is 20.6 Å². The molecule has 0 bridgehead atoms. The molecule has 0 radical (unpaired) electrons. The van der Waals surface area contributed by atoms with E-state index in [0.29, 0.717) is 18.8 Å². The van der Waals surface area contributed by atoms with Crippen LogP contribution < -0.4 is 10.6 Å². The lowest BCUT2D eigenvalue weighted by Crippen LogP contribution is -2.45. The van der Waals surface area contributed by atoms with Crippen LogP contribution in [0.1, 0.15) is 46.3 Å². The first-order valence-electron chi connectivity index (χ1n) is 11.3. The quantitative estimate of drug-likeness (QED) is 0.400. The lowest BCUT2D eigenvalue weighted by molar-refractivity contribution is 0.0697. The van der Waals surface area contributed by atoms with Crippen LogP contribution in [0.25, 0.3) is 0 Å². The second kappa shape index (κ2) is 10.6. The van der Waals surface area contributed by atoms with Gasteiger partial charge in [0.15, 0.2) is 5.13 Å². The maximum Gasteiger partial charge on any atom is 0.335 e. The number of thiazole rings is 1. The van der Waals surface area contributed by atoms with E-state index in [1.165, 1.54) is 17.0 Å². The number of rotatable bonds is 8. The highest BCUT2D eigenvalue weighted by atomic mass is 32.1. The van der Waals surface area contributed by atoms with Crippen molar-refractivity contribution in [1.82, 2.24) is 9.88 Å². The fourth-order valence-corrected chi connectivity index (χ4v) is 5.14. The zero-order valence-electron chi connectivity index (χ0n) is 18.9. The number of halogens is 1. The number of anilines is 2. The number of carbonyl (C=O) groups excluding carboxylic acids is 1. The lowest BCUT2D eigenvalue weighted by Gasteiger charge is -2.33. The Balaban J connectivity index is 1.38. The molecule has 4 rings (SSSR count). The molecular weight excluding hydrogens is 455 g/mol. The molecule has 9 heteroatoms. The molecule has 2 aromatic carbocycles. The molecule has 0 aliphatic heterocycles. The molecule has 0 saturated heterocycles. The molecule has 3 aromatic rings. The van der Waals surface area contributed by atoms with E-state index in [9.17, 15) is 14.0 Å². The van der Waals surface area contributed by atoms with Crippen molar-refractivity contribution in [3.05, 3.63) is 76.0 Å². The Kier molecular flexibility index (Phi) is 7.42. The number of urea groups is 1. The van der Waals surface area contributed by atoms with Crippen LogP contribution in [0, 0.1) is 5.82 Å². The van der Waals surface area contributed by atoms with Crippen LogP contribution in [-0.4, -0.2) is 39.6 Å². The normalized spacial score (nSPS) is 14.8. The number of aryl methyl sites for hydroxylation is 1. The second-order valence-corrected chi connectivity index (χ2v) is 9.36. The van der Waals surface area contributed by atoms with E-state index in [0.717, 1.165) is 42.1 Å². The van der Waals surface area contributed by atoms with Crippen molar-refractivity contribution >= 4 is 34.2 Å². The van der Waals surface area contributed by atoms with E-state index in [4.69, 9.17) is 10.1 Å². The van der Waals surface area contributed by atoms with Crippen LogP contribution in [0.3, 0.4) is 0 Å². The summed E-state index contributed by atoms with van der Waals surface area (Å²) in [7, 11) is 0. The molecule has 1 aliphatic rings. The van der Waals surface area contributed by atoms with Crippen molar-refractivity contribution < 1.29 is 19.1 Å². The van der Waals surface area contributed by atoms with Crippen molar-refractivity contribution in [2.24, 2.45) is 0 Å². The highest BCUT2D eigenvalue weighted by Gasteiger charge is 2.29. The lowest BCUT2D eigenvalue weighted by atomic mass is 9.96. The number of nitrogens with one attached hydrogen (secondary N) is 2. The Hall–Kier alpha value is -3.46. The van der Waals surface area contributed by atoms with E-state index >= 15 is 0 Å². The summed E-state index contributed by atoms with van der Waals surface area (Å²) in [6, 6.07) is 12.5. The minimum Gasteiger partial charge on any atom is -0.478 e. The Morgan fingerprint density at radius 2 is 1.91 bits per heavy atom. The number of nitrogens with zero attached hydrogens (tertiary/aromatic N) is 2. The first kappa shape index (κ1) is 23.7. The van der Waals surface area contributed by atoms with Gasteiger partial charge in [0.2, 0.25) is 0 Å². The van der Waals surface area contributed by atoms with Crippen molar-refractivity contribution in [2.75, 3.05) is 17.2 Å². The molecular formula is C25H27FN4O3S. The molecule has 0 spiro atoms. The summed E-state index contributed by atoms with van der Waals surface area (Å²) in [4.78, 5) is 31.8. The Morgan fingerprint density at radius 3 is 2.59 bits per heavy atom. The maximum absolute atomic E-state index is 13.2. The smallest absolute Gasteiger partial charge is 0.335 e. The molecule has 7 nitrogen and oxygen atoms in total. The molecule has 1 unspecified atom stereocenters. The summed E-state index contributed by atoms with van der Waals surface area (Å²) in [5.74, 6) is -1.28. The average Bonchev–Trinajstić information content (AvgIpc) is 3.25. The number of carbonyl (C=O) groups is 2. The van der Waals surface area contributed by atoms with Crippen LogP contribution in [0.2, 0.25) is 0 Å². The predicted molar refractivity (Wildman–Crippen MR) is 131 cm³/mol. The minimum absolute atomic E-state index is 0.0739.